The quantitative estimate of drug-likeness (QED) is 0.851. The van der Waals surface area contributed by atoms with Gasteiger partial charge in [0.1, 0.15) is 0 Å². The predicted octanol–water partition coefficient (Wildman–Crippen LogP) is 1.35. The van der Waals surface area contributed by atoms with Gasteiger partial charge in [-0.1, -0.05) is 13.8 Å². The Hall–Kier alpha value is -0.650. The van der Waals surface area contributed by atoms with E-state index in [9.17, 15) is 9.90 Å². The number of aliphatic hydroxyl groups excluding tert-OH is 1. The number of piperidine rings is 1. The van der Waals surface area contributed by atoms with Crippen molar-refractivity contribution in [1.82, 2.24) is 9.80 Å². The van der Waals surface area contributed by atoms with Gasteiger partial charge in [0.15, 0.2) is 0 Å². The first kappa shape index (κ1) is 17.7. The average Bonchev–Trinajstić information content (AvgIpc) is 2.46. The van der Waals surface area contributed by atoms with Crippen LogP contribution in [0.2, 0.25) is 0 Å². The van der Waals surface area contributed by atoms with Gasteiger partial charge in [0, 0.05) is 32.8 Å². The van der Waals surface area contributed by atoms with Crippen LogP contribution in [-0.4, -0.2) is 71.8 Å². The van der Waals surface area contributed by atoms with E-state index in [2.05, 4.69) is 32.6 Å². The van der Waals surface area contributed by atoms with Crippen LogP contribution < -0.4 is 0 Å². The van der Waals surface area contributed by atoms with E-state index in [4.69, 9.17) is 4.74 Å². The van der Waals surface area contributed by atoms with Crippen LogP contribution in [0, 0.1) is 11.8 Å². The molecule has 0 bridgehead atoms. The Morgan fingerprint density at radius 3 is 2.41 bits per heavy atom. The molecule has 2 aliphatic rings. The molecule has 22 heavy (non-hydrogen) atoms. The third kappa shape index (κ3) is 4.21. The first-order valence-corrected chi connectivity index (χ1v) is 8.71. The molecule has 1 amide bonds. The van der Waals surface area contributed by atoms with Crippen LogP contribution in [0.25, 0.3) is 0 Å². The highest BCUT2D eigenvalue weighted by atomic mass is 16.5. The molecule has 0 aromatic rings. The van der Waals surface area contributed by atoms with Gasteiger partial charge in [0.05, 0.1) is 18.2 Å². The Morgan fingerprint density at radius 2 is 1.86 bits per heavy atom. The Balaban J connectivity index is 2.08. The molecule has 0 aromatic carbocycles. The fourth-order valence-corrected chi connectivity index (χ4v) is 3.91. The summed E-state index contributed by atoms with van der Waals surface area (Å²) < 4.78 is 5.81. The van der Waals surface area contributed by atoms with E-state index in [1.165, 1.54) is 0 Å². The minimum Gasteiger partial charge on any atom is -0.396 e. The number of carbonyl (C=O) groups excluding carboxylic acids is 1. The first-order valence-electron chi connectivity index (χ1n) is 8.71. The van der Waals surface area contributed by atoms with Gasteiger partial charge < -0.3 is 14.7 Å². The van der Waals surface area contributed by atoms with Crippen molar-refractivity contribution in [3.63, 3.8) is 0 Å². The number of morpholine rings is 1. The molecule has 2 rings (SSSR count). The van der Waals surface area contributed by atoms with Crippen LogP contribution in [0.1, 0.15) is 40.5 Å². The zero-order valence-electron chi connectivity index (χ0n) is 14.5. The zero-order valence-corrected chi connectivity index (χ0v) is 14.5. The Labute approximate surface area is 134 Å². The maximum atomic E-state index is 13.1. The summed E-state index contributed by atoms with van der Waals surface area (Å²) in [5.41, 5.74) is 0. The minimum atomic E-state index is -0.0776. The van der Waals surface area contributed by atoms with Gasteiger partial charge in [-0.25, -0.2) is 0 Å². The van der Waals surface area contributed by atoms with E-state index in [1.807, 2.05) is 4.90 Å². The van der Waals surface area contributed by atoms with Crippen molar-refractivity contribution in [3.8, 4) is 0 Å². The second-order valence-electron chi connectivity index (χ2n) is 7.38. The first-order chi connectivity index (χ1) is 10.4. The molecule has 5 heteroatoms. The number of amides is 1. The number of rotatable bonds is 4. The third-order valence-electron chi connectivity index (χ3n) is 4.81. The lowest BCUT2D eigenvalue weighted by molar-refractivity contribution is -0.147. The molecule has 0 aliphatic carbocycles. The van der Waals surface area contributed by atoms with Crippen LogP contribution in [0.15, 0.2) is 0 Å². The fraction of sp³-hybridized carbons (Fsp3) is 0.941. The highest BCUT2D eigenvalue weighted by Crippen LogP contribution is 2.23. The second kappa shape index (κ2) is 7.75. The maximum Gasteiger partial charge on any atom is 0.240 e. The molecule has 0 radical (unpaired) electrons. The monoisotopic (exact) mass is 312 g/mol. The lowest BCUT2D eigenvalue weighted by Gasteiger charge is -2.43. The molecule has 0 spiro atoms. The van der Waals surface area contributed by atoms with Gasteiger partial charge >= 0.3 is 0 Å². The molecule has 4 atom stereocenters. The van der Waals surface area contributed by atoms with Crippen molar-refractivity contribution in [2.24, 2.45) is 11.8 Å². The number of likely N-dealkylation sites (tertiary alicyclic amines) is 1. The molecule has 128 valence electrons. The predicted molar refractivity (Wildman–Crippen MR) is 86.6 cm³/mol. The summed E-state index contributed by atoms with van der Waals surface area (Å²) in [6.07, 6.45) is 2.37. The summed E-state index contributed by atoms with van der Waals surface area (Å²) in [5, 5.41) is 9.39. The van der Waals surface area contributed by atoms with E-state index in [0.29, 0.717) is 6.54 Å². The highest BCUT2D eigenvalue weighted by Gasteiger charge is 2.37. The number of hydrogen-bond donors (Lipinski definition) is 1. The molecule has 0 saturated carbocycles. The lowest BCUT2D eigenvalue weighted by atomic mass is 9.95. The molecule has 5 nitrogen and oxygen atoms in total. The van der Waals surface area contributed by atoms with Crippen LogP contribution in [0.4, 0.5) is 0 Å². The maximum absolute atomic E-state index is 13.1. The van der Waals surface area contributed by atoms with Gasteiger partial charge in [-0.3, -0.25) is 9.69 Å². The fourth-order valence-electron chi connectivity index (χ4n) is 3.91. The molecular formula is C17H32N2O3. The summed E-state index contributed by atoms with van der Waals surface area (Å²) in [6.45, 7) is 11.7. The van der Waals surface area contributed by atoms with Crippen molar-refractivity contribution in [2.75, 3.05) is 32.8 Å². The SMILES string of the molecule is CC1CN(C(C(=O)N2CCCC(CO)C2)C(C)C)CC(C)O1. The summed E-state index contributed by atoms with van der Waals surface area (Å²) in [6, 6.07) is -0.0776. The Bertz CT molecular complexity index is 365. The lowest BCUT2D eigenvalue weighted by Crippen LogP contribution is -2.58. The molecule has 1 N–H and O–H groups in total. The molecule has 2 saturated heterocycles. The summed E-state index contributed by atoms with van der Waals surface area (Å²) in [7, 11) is 0. The standard InChI is InChI=1S/C17H32N2O3/c1-12(2)16(19-8-13(3)22-14(4)9-19)17(21)18-7-5-6-15(10-18)11-20/h12-16,20H,5-11H2,1-4H3. The molecular weight excluding hydrogens is 280 g/mol. The van der Waals surface area contributed by atoms with E-state index in [1.54, 1.807) is 0 Å². The van der Waals surface area contributed by atoms with Crippen molar-refractivity contribution in [1.29, 1.82) is 0 Å². The minimum absolute atomic E-state index is 0.0776. The normalized spacial score (nSPS) is 32.3. The largest absolute Gasteiger partial charge is 0.396 e. The molecule has 2 heterocycles. The average molecular weight is 312 g/mol. The number of nitrogens with zero attached hydrogens (tertiary/aromatic N) is 2. The number of hydrogen-bond acceptors (Lipinski definition) is 4. The molecule has 2 aliphatic heterocycles. The summed E-state index contributed by atoms with van der Waals surface area (Å²) in [4.78, 5) is 17.3. The third-order valence-corrected chi connectivity index (χ3v) is 4.81. The van der Waals surface area contributed by atoms with Crippen molar-refractivity contribution >= 4 is 5.91 Å². The van der Waals surface area contributed by atoms with Gasteiger partial charge in [0.25, 0.3) is 0 Å². The number of ether oxygens (including phenoxy) is 1. The van der Waals surface area contributed by atoms with Crippen LogP contribution in [0.3, 0.4) is 0 Å². The summed E-state index contributed by atoms with van der Waals surface area (Å²) in [5.74, 6) is 0.752. The van der Waals surface area contributed by atoms with Gasteiger partial charge in [-0.05, 0) is 38.5 Å². The van der Waals surface area contributed by atoms with Gasteiger partial charge in [-0.2, -0.15) is 0 Å². The van der Waals surface area contributed by atoms with E-state index in [0.717, 1.165) is 32.5 Å². The van der Waals surface area contributed by atoms with Crippen LogP contribution >= 0.6 is 0 Å². The van der Waals surface area contributed by atoms with Crippen LogP contribution in [0.5, 0.6) is 0 Å². The van der Waals surface area contributed by atoms with Crippen molar-refractivity contribution < 1.29 is 14.6 Å². The number of carbonyl (C=O) groups is 1. The molecule has 2 fully saturated rings. The van der Waals surface area contributed by atoms with Crippen molar-refractivity contribution in [3.05, 3.63) is 0 Å². The van der Waals surface area contributed by atoms with Gasteiger partial charge in [-0.15, -0.1) is 0 Å². The molecule has 4 unspecified atom stereocenters. The highest BCUT2D eigenvalue weighted by molar-refractivity contribution is 5.82. The van der Waals surface area contributed by atoms with Crippen molar-refractivity contribution in [2.45, 2.75) is 58.8 Å². The molecule has 0 aromatic heterocycles. The van der Waals surface area contributed by atoms with Gasteiger partial charge in [0.2, 0.25) is 5.91 Å². The Kier molecular flexibility index (Phi) is 6.24. The van der Waals surface area contributed by atoms with Crippen LogP contribution in [-0.2, 0) is 9.53 Å². The van der Waals surface area contributed by atoms with E-state index >= 15 is 0 Å². The second-order valence-corrected chi connectivity index (χ2v) is 7.38. The number of aliphatic hydroxyl groups is 1. The zero-order chi connectivity index (χ0) is 16.3. The van der Waals surface area contributed by atoms with E-state index < -0.39 is 0 Å². The smallest absolute Gasteiger partial charge is 0.240 e. The van der Waals surface area contributed by atoms with E-state index in [-0.39, 0.29) is 42.6 Å². The topological polar surface area (TPSA) is 53.0 Å². The Morgan fingerprint density at radius 1 is 1.23 bits per heavy atom. The summed E-state index contributed by atoms with van der Waals surface area (Å²) >= 11 is 0.